The van der Waals surface area contributed by atoms with E-state index in [9.17, 15) is 4.79 Å². The van der Waals surface area contributed by atoms with Crippen molar-refractivity contribution in [2.45, 2.75) is 25.2 Å². The lowest BCUT2D eigenvalue weighted by Crippen LogP contribution is -2.32. The van der Waals surface area contributed by atoms with Crippen LogP contribution in [0.15, 0.2) is 23.1 Å². The number of carbonyl (C=O) groups is 1. The van der Waals surface area contributed by atoms with E-state index in [1.54, 1.807) is 11.0 Å². The first kappa shape index (κ1) is 13.6. The molecule has 0 saturated carbocycles. The zero-order valence-electron chi connectivity index (χ0n) is 10.1. The fourth-order valence-electron chi connectivity index (χ4n) is 1.60. The molecule has 0 radical (unpaired) electrons. The first-order chi connectivity index (χ1) is 8.10. The van der Waals surface area contributed by atoms with Crippen molar-refractivity contribution in [2.24, 2.45) is 0 Å². The van der Waals surface area contributed by atoms with Crippen LogP contribution in [0.4, 0.5) is 0 Å². The Kier molecular flexibility index (Phi) is 5.05. The van der Waals surface area contributed by atoms with Gasteiger partial charge in [-0.25, -0.2) is 0 Å². The van der Waals surface area contributed by atoms with Gasteiger partial charge in [-0.3, -0.25) is 4.79 Å². The Balaban J connectivity index is 2.94. The van der Waals surface area contributed by atoms with Gasteiger partial charge < -0.3 is 4.90 Å². The minimum absolute atomic E-state index is 0.0313. The molecule has 0 fully saturated rings. The topological polar surface area (TPSA) is 44.1 Å². The molecule has 3 nitrogen and oxygen atoms in total. The Morgan fingerprint density at radius 1 is 1.53 bits per heavy atom. The molecule has 0 aromatic heterocycles. The molecule has 17 heavy (non-hydrogen) atoms. The van der Waals surface area contributed by atoms with E-state index in [-0.39, 0.29) is 5.91 Å². The monoisotopic (exact) mass is 248 g/mol. The molecular formula is C13H16N2OS. The second kappa shape index (κ2) is 6.31. The maximum atomic E-state index is 12.2. The predicted molar refractivity (Wildman–Crippen MR) is 70.2 cm³/mol. The van der Waals surface area contributed by atoms with E-state index in [1.165, 1.54) is 0 Å². The highest BCUT2D eigenvalue weighted by molar-refractivity contribution is 7.80. The molecule has 0 heterocycles. The lowest BCUT2D eigenvalue weighted by atomic mass is 10.1. The highest BCUT2D eigenvalue weighted by atomic mass is 32.1. The summed E-state index contributed by atoms with van der Waals surface area (Å²) in [7, 11) is 0. The van der Waals surface area contributed by atoms with Gasteiger partial charge >= 0.3 is 0 Å². The summed E-state index contributed by atoms with van der Waals surface area (Å²) in [4.78, 5) is 14.7. The molecule has 0 bridgehead atoms. The van der Waals surface area contributed by atoms with Crippen molar-refractivity contribution in [3.05, 3.63) is 29.3 Å². The number of hydrogen-bond donors (Lipinski definition) is 1. The van der Waals surface area contributed by atoms with E-state index in [1.807, 2.05) is 26.0 Å². The lowest BCUT2D eigenvalue weighted by molar-refractivity contribution is 0.0767. The molecule has 1 aromatic carbocycles. The number of rotatable bonds is 4. The van der Waals surface area contributed by atoms with Gasteiger partial charge in [-0.15, -0.1) is 12.6 Å². The van der Waals surface area contributed by atoms with Crippen LogP contribution in [0.3, 0.4) is 0 Å². The second-order valence-electron chi connectivity index (χ2n) is 3.79. The summed E-state index contributed by atoms with van der Waals surface area (Å²) < 4.78 is 0. The molecule has 0 saturated heterocycles. The van der Waals surface area contributed by atoms with Gasteiger partial charge in [-0.1, -0.05) is 6.07 Å². The molecule has 90 valence electrons. The molecule has 0 aliphatic rings. The van der Waals surface area contributed by atoms with E-state index < -0.39 is 0 Å². The molecule has 1 amide bonds. The van der Waals surface area contributed by atoms with Gasteiger partial charge in [0, 0.05) is 23.5 Å². The minimum atomic E-state index is -0.0313. The van der Waals surface area contributed by atoms with Gasteiger partial charge in [0.25, 0.3) is 5.91 Å². The minimum Gasteiger partial charge on any atom is -0.338 e. The average molecular weight is 248 g/mol. The Hall–Kier alpha value is -1.47. The fraction of sp³-hybridized carbons (Fsp3) is 0.385. The van der Waals surface area contributed by atoms with Gasteiger partial charge in [-0.05, 0) is 31.5 Å². The summed E-state index contributed by atoms with van der Waals surface area (Å²) in [5, 5.41) is 8.56. The van der Waals surface area contributed by atoms with Crippen molar-refractivity contribution in [2.75, 3.05) is 13.1 Å². The summed E-state index contributed by atoms with van der Waals surface area (Å²) in [6, 6.07) is 7.57. The second-order valence-corrected chi connectivity index (χ2v) is 4.31. The fourth-order valence-corrected chi connectivity index (χ4v) is 1.80. The van der Waals surface area contributed by atoms with E-state index in [2.05, 4.69) is 18.7 Å². The maximum Gasteiger partial charge on any atom is 0.254 e. The molecule has 1 rings (SSSR count). The first-order valence-electron chi connectivity index (χ1n) is 5.56. The number of nitrogens with zero attached hydrogens (tertiary/aromatic N) is 2. The Morgan fingerprint density at radius 2 is 2.24 bits per heavy atom. The summed E-state index contributed by atoms with van der Waals surface area (Å²) in [6.07, 6.45) is 0.360. The quantitative estimate of drug-likeness (QED) is 0.832. The van der Waals surface area contributed by atoms with Crippen LogP contribution in [0, 0.1) is 18.3 Å². The van der Waals surface area contributed by atoms with Gasteiger partial charge in [0.1, 0.15) is 0 Å². The summed E-state index contributed by atoms with van der Waals surface area (Å²) in [6.45, 7) is 4.90. The number of carbonyl (C=O) groups excluding carboxylic acids is 1. The Bertz CT molecular complexity index is 451. The van der Waals surface area contributed by atoms with Crippen LogP contribution in [0.25, 0.3) is 0 Å². The van der Waals surface area contributed by atoms with Crippen LogP contribution in [0.2, 0.25) is 0 Å². The highest BCUT2D eigenvalue weighted by Gasteiger charge is 2.15. The molecule has 4 heteroatoms. The number of benzene rings is 1. The molecule has 0 unspecified atom stereocenters. The van der Waals surface area contributed by atoms with Gasteiger partial charge in [0.05, 0.1) is 12.5 Å². The number of thiol groups is 1. The standard InChI is InChI=1S/C13H16N2OS/c1-3-15(8-4-7-14)13(16)12-9-11(17)6-5-10(12)2/h5-6,9,17H,3-4,8H2,1-2H3. The molecule has 0 atom stereocenters. The lowest BCUT2D eigenvalue weighted by Gasteiger charge is -2.20. The van der Waals surface area contributed by atoms with Gasteiger partial charge in [0.2, 0.25) is 0 Å². The maximum absolute atomic E-state index is 12.2. The van der Waals surface area contributed by atoms with Crippen LogP contribution < -0.4 is 0 Å². The summed E-state index contributed by atoms with van der Waals surface area (Å²) in [5.74, 6) is -0.0313. The number of amides is 1. The predicted octanol–water partition coefficient (Wildman–Crippen LogP) is 2.66. The molecule has 1 aromatic rings. The molecule has 0 aliphatic heterocycles. The van der Waals surface area contributed by atoms with Crippen molar-refractivity contribution < 1.29 is 4.79 Å². The molecular weight excluding hydrogens is 232 g/mol. The van der Waals surface area contributed by atoms with Crippen molar-refractivity contribution >= 4 is 18.5 Å². The largest absolute Gasteiger partial charge is 0.338 e. The smallest absolute Gasteiger partial charge is 0.254 e. The van der Waals surface area contributed by atoms with Crippen molar-refractivity contribution in [3.63, 3.8) is 0 Å². The number of hydrogen-bond acceptors (Lipinski definition) is 3. The van der Waals surface area contributed by atoms with Crippen LogP contribution >= 0.6 is 12.6 Å². The molecule has 0 N–H and O–H groups in total. The van der Waals surface area contributed by atoms with Crippen molar-refractivity contribution in [1.29, 1.82) is 5.26 Å². The number of aryl methyl sites for hydroxylation is 1. The Morgan fingerprint density at radius 3 is 2.82 bits per heavy atom. The van der Waals surface area contributed by atoms with E-state index in [0.717, 1.165) is 10.5 Å². The third-order valence-electron chi connectivity index (χ3n) is 2.61. The van der Waals surface area contributed by atoms with Crippen LogP contribution in [0.5, 0.6) is 0 Å². The Labute approximate surface area is 107 Å². The van der Waals surface area contributed by atoms with E-state index in [4.69, 9.17) is 5.26 Å². The zero-order valence-corrected chi connectivity index (χ0v) is 11.0. The summed E-state index contributed by atoms with van der Waals surface area (Å²) >= 11 is 4.24. The number of nitriles is 1. The first-order valence-corrected chi connectivity index (χ1v) is 6.00. The third kappa shape index (κ3) is 3.50. The summed E-state index contributed by atoms with van der Waals surface area (Å²) in [5.41, 5.74) is 1.60. The SMILES string of the molecule is CCN(CCC#N)C(=O)c1cc(S)ccc1C. The van der Waals surface area contributed by atoms with E-state index in [0.29, 0.717) is 25.1 Å². The molecule has 0 spiro atoms. The van der Waals surface area contributed by atoms with Gasteiger partial charge in [-0.2, -0.15) is 5.26 Å². The van der Waals surface area contributed by atoms with Crippen LogP contribution in [-0.2, 0) is 0 Å². The van der Waals surface area contributed by atoms with Crippen LogP contribution in [0.1, 0.15) is 29.3 Å². The van der Waals surface area contributed by atoms with E-state index >= 15 is 0 Å². The zero-order chi connectivity index (χ0) is 12.8. The van der Waals surface area contributed by atoms with Crippen molar-refractivity contribution in [3.8, 4) is 6.07 Å². The normalized spacial score (nSPS) is 9.76. The average Bonchev–Trinajstić information content (AvgIpc) is 2.33. The van der Waals surface area contributed by atoms with Crippen LogP contribution in [-0.4, -0.2) is 23.9 Å². The van der Waals surface area contributed by atoms with Gasteiger partial charge in [0.15, 0.2) is 0 Å². The molecule has 0 aliphatic carbocycles. The highest BCUT2D eigenvalue weighted by Crippen LogP contribution is 2.16. The van der Waals surface area contributed by atoms with Crippen molar-refractivity contribution in [1.82, 2.24) is 4.90 Å². The third-order valence-corrected chi connectivity index (χ3v) is 2.89.